The van der Waals surface area contributed by atoms with Gasteiger partial charge in [0.25, 0.3) is 10.0 Å². The number of para-hydroxylation sites is 1. The van der Waals surface area contributed by atoms with Crippen molar-refractivity contribution in [3.05, 3.63) is 104 Å². The maximum atomic E-state index is 13.4. The smallest absolute Gasteiger partial charge is 0.335 e. The number of sulfonamides is 1. The first-order valence-corrected chi connectivity index (χ1v) is 15.6. The molecule has 2 aromatic heterocycles. The predicted octanol–water partition coefficient (Wildman–Crippen LogP) is 7.35. The Labute approximate surface area is 253 Å². The Morgan fingerprint density at radius 2 is 1.90 bits per heavy atom. The van der Waals surface area contributed by atoms with Gasteiger partial charge in [0.05, 0.1) is 27.4 Å². The number of anilines is 1. The fraction of sp³-hybridized carbons (Fsp3) is 0.194. The number of nitriles is 1. The number of hydrogen-bond acceptors (Lipinski definition) is 6. The van der Waals surface area contributed by atoms with Crippen molar-refractivity contribution in [1.82, 2.24) is 9.78 Å². The number of carboxylic acid groups (broad SMARTS) is 1. The van der Waals surface area contributed by atoms with Gasteiger partial charge in [0, 0.05) is 21.4 Å². The third-order valence-corrected chi connectivity index (χ3v) is 10.6. The molecule has 0 radical (unpaired) electrons. The third kappa shape index (κ3) is 5.39. The molecule has 0 spiro atoms. The van der Waals surface area contributed by atoms with E-state index in [0.717, 1.165) is 33.5 Å². The van der Waals surface area contributed by atoms with Crippen LogP contribution in [0, 0.1) is 25.2 Å². The monoisotopic (exact) mass is 618 g/mol. The summed E-state index contributed by atoms with van der Waals surface area (Å²) in [5.41, 5.74) is 4.09. The van der Waals surface area contributed by atoms with Crippen molar-refractivity contribution in [3.8, 4) is 11.8 Å². The molecule has 0 fully saturated rings. The zero-order chi connectivity index (χ0) is 30.4. The Morgan fingerprint density at radius 3 is 2.57 bits per heavy atom. The number of rotatable bonds is 7. The van der Waals surface area contributed by atoms with E-state index in [0.29, 0.717) is 22.7 Å². The summed E-state index contributed by atoms with van der Waals surface area (Å²) in [5.74, 6) is -1.23. The minimum absolute atomic E-state index is 0.142. The Bertz CT molecular complexity index is 1950. The third-order valence-electron chi connectivity index (χ3n) is 7.11. The summed E-state index contributed by atoms with van der Waals surface area (Å²) in [7, 11) is -4.17. The van der Waals surface area contributed by atoms with Gasteiger partial charge in [-0.25, -0.2) is 17.9 Å². The molecule has 2 heterocycles. The van der Waals surface area contributed by atoms with Crippen LogP contribution in [-0.2, 0) is 15.4 Å². The SMILES string of the molecule is Cc1ccc(C(=O)O)cc1S(=O)(=O)Nc1sc2c(c1C#N)C=C(/C=C\c1c(C)nn(-c3ccccc3)c1Cl)CC2(C)C. The second kappa shape index (κ2) is 10.9. The molecule has 5 rings (SSSR count). The number of halogens is 1. The van der Waals surface area contributed by atoms with Gasteiger partial charge in [-0.3, -0.25) is 4.72 Å². The van der Waals surface area contributed by atoms with E-state index in [2.05, 4.69) is 29.7 Å². The number of carboxylic acids is 1. The van der Waals surface area contributed by atoms with Crippen molar-refractivity contribution in [3.63, 3.8) is 0 Å². The van der Waals surface area contributed by atoms with Crippen molar-refractivity contribution in [2.45, 2.75) is 44.4 Å². The van der Waals surface area contributed by atoms with Crippen LogP contribution in [0.4, 0.5) is 5.00 Å². The van der Waals surface area contributed by atoms with Crippen molar-refractivity contribution in [1.29, 1.82) is 5.26 Å². The van der Waals surface area contributed by atoms with Crippen molar-refractivity contribution in [2.75, 3.05) is 4.72 Å². The van der Waals surface area contributed by atoms with E-state index >= 15 is 0 Å². The molecule has 0 atom stereocenters. The summed E-state index contributed by atoms with van der Waals surface area (Å²) in [4.78, 5) is 12.2. The van der Waals surface area contributed by atoms with E-state index in [9.17, 15) is 23.6 Å². The van der Waals surface area contributed by atoms with E-state index in [-0.39, 0.29) is 21.0 Å². The Balaban J connectivity index is 1.51. The van der Waals surface area contributed by atoms with E-state index in [1.165, 1.54) is 23.5 Å². The molecule has 0 amide bonds. The minimum Gasteiger partial charge on any atom is -0.478 e. The number of nitrogens with zero attached hydrogens (tertiary/aromatic N) is 3. The average molecular weight is 619 g/mol. The van der Waals surface area contributed by atoms with Crippen molar-refractivity contribution < 1.29 is 18.3 Å². The molecule has 0 unspecified atom stereocenters. The molecule has 214 valence electrons. The highest BCUT2D eigenvalue weighted by Crippen LogP contribution is 2.48. The normalized spacial score (nSPS) is 14.3. The lowest BCUT2D eigenvalue weighted by molar-refractivity contribution is 0.0696. The van der Waals surface area contributed by atoms with E-state index in [1.54, 1.807) is 11.6 Å². The Hall–Kier alpha value is -4.17. The summed E-state index contributed by atoms with van der Waals surface area (Å²) in [5, 5.41) is 24.7. The Morgan fingerprint density at radius 1 is 1.19 bits per heavy atom. The number of aromatic nitrogens is 2. The Kier molecular flexibility index (Phi) is 7.62. The van der Waals surface area contributed by atoms with Crippen LogP contribution < -0.4 is 4.72 Å². The van der Waals surface area contributed by atoms with Crippen LogP contribution in [0.2, 0.25) is 5.15 Å². The quantitative estimate of drug-likeness (QED) is 0.223. The molecule has 0 bridgehead atoms. The van der Waals surface area contributed by atoms with Crippen LogP contribution in [0.3, 0.4) is 0 Å². The summed E-state index contributed by atoms with van der Waals surface area (Å²) >= 11 is 7.93. The van der Waals surface area contributed by atoms with Gasteiger partial charge >= 0.3 is 5.97 Å². The molecule has 4 aromatic rings. The predicted molar refractivity (Wildman–Crippen MR) is 166 cm³/mol. The molecular weight excluding hydrogens is 592 g/mol. The molecule has 42 heavy (non-hydrogen) atoms. The molecule has 11 heteroatoms. The second-order valence-corrected chi connectivity index (χ2v) is 13.7. The minimum atomic E-state index is -4.17. The molecule has 0 saturated heterocycles. The van der Waals surface area contributed by atoms with Gasteiger partial charge in [-0.1, -0.05) is 55.8 Å². The summed E-state index contributed by atoms with van der Waals surface area (Å²) in [6.07, 6.45) is 6.43. The standard InChI is InChI=1S/C31H27ClN4O4S2/c1-18-10-12-21(30(37)38)15-26(18)42(39,40)35-29-25(17-33)24-14-20(16-31(3,4)27(24)41-29)11-13-23-19(2)34-36(28(23)32)22-8-6-5-7-9-22/h5-15,35H,16H2,1-4H3,(H,37,38)/b13-11-. The molecule has 0 aliphatic heterocycles. The number of thiophene rings is 1. The fourth-order valence-corrected chi connectivity index (χ4v) is 8.17. The molecule has 1 aliphatic carbocycles. The maximum Gasteiger partial charge on any atom is 0.335 e. The largest absolute Gasteiger partial charge is 0.478 e. The number of benzene rings is 2. The molecule has 1 aliphatic rings. The first-order chi connectivity index (χ1) is 19.8. The first-order valence-electron chi connectivity index (χ1n) is 13.0. The van der Waals surface area contributed by atoms with Gasteiger partial charge in [-0.2, -0.15) is 10.4 Å². The van der Waals surface area contributed by atoms with Crippen LogP contribution in [0.1, 0.15) is 63.5 Å². The highest BCUT2D eigenvalue weighted by molar-refractivity contribution is 7.93. The van der Waals surface area contributed by atoms with Gasteiger partial charge in [0.15, 0.2) is 0 Å². The number of nitrogens with one attached hydrogen (secondary N) is 1. The highest BCUT2D eigenvalue weighted by Gasteiger charge is 2.34. The second-order valence-electron chi connectivity index (χ2n) is 10.7. The molecule has 0 saturated carbocycles. The van der Waals surface area contributed by atoms with Crippen LogP contribution >= 0.6 is 22.9 Å². The number of hydrogen-bond donors (Lipinski definition) is 2. The number of aryl methyl sites for hydroxylation is 2. The van der Waals surface area contributed by atoms with Gasteiger partial charge in [-0.15, -0.1) is 11.3 Å². The maximum absolute atomic E-state index is 13.4. The van der Waals surface area contributed by atoms with Crippen LogP contribution in [-0.4, -0.2) is 29.3 Å². The van der Waals surface area contributed by atoms with Gasteiger partial charge < -0.3 is 5.11 Å². The summed E-state index contributed by atoms with van der Waals surface area (Å²) < 4.78 is 31.0. The molecule has 8 nitrogen and oxygen atoms in total. The lowest BCUT2D eigenvalue weighted by Gasteiger charge is -2.29. The van der Waals surface area contributed by atoms with Gasteiger partial charge in [0.2, 0.25) is 0 Å². The number of aromatic carboxylic acids is 1. The van der Waals surface area contributed by atoms with E-state index in [4.69, 9.17) is 11.6 Å². The van der Waals surface area contributed by atoms with Crippen molar-refractivity contribution >= 4 is 56.1 Å². The number of fused-ring (bicyclic) bond motifs is 1. The van der Waals surface area contributed by atoms with Crippen LogP contribution in [0.5, 0.6) is 0 Å². The van der Waals surface area contributed by atoms with Gasteiger partial charge in [0.1, 0.15) is 16.2 Å². The van der Waals surface area contributed by atoms with Crippen molar-refractivity contribution in [2.24, 2.45) is 0 Å². The molecular formula is C31H27ClN4O4S2. The summed E-state index contributed by atoms with van der Waals surface area (Å²) in [6, 6.07) is 15.7. The molecule has 2 N–H and O–H groups in total. The lowest BCUT2D eigenvalue weighted by Crippen LogP contribution is -2.20. The molecule has 2 aromatic carbocycles. The first kappa shape index (κ1) is 29.3. The topological polar surface area (TPSA) is 125 Å². The average Bonchev–Trinajstić information content (AvgIpc) is 3.43. The van der Waals surface area contributed by atoms with E-state index in [1.807, 2.05) is 55.5 Å². The van der Waals surface area contributed by atoms with E-state index < -0.39 is 21.4 Å². The highest BCUT2D eigenvalue weighted by atomic mass is 35.5. The zero-order valence-corrected chi connectivity index (χ0v) is 25.7. The zero-order valence-electron chi connectivity index (χ0n) is 23.3. The number of carbonyl (C=O) groups is 1. The lowest BCUT2D eigenvalue weighted by atomic mass is 9.77. The number of allylic oxidation sites excluding steroid dienone is 2. The van der Waals surface area contributed by atoms with Gasteiger partial charge in [-0.05, 0) is 67.8 Å². The van der Waals surface area contributed by atoms with Crippen LogP contribution in [0.25, 0.3) is 17.8 Å². The fourth-order valence-electron chi connectivity index (χ4n) is 5.03. The summed E-state index contributed by atoms with van der Waals surface area (Å²) in [6.45, 7) is 7.58. The van der Waals surface area contributed by atoms with Crippen LogP contribution in [0.15, 0.2) is 65.1 Å².